The number of aromatic nitrogens is 2. The van der Waals surface area contributed by atoms with Crippen LogP contribution >= 0.6 is 11.3 Å². The summed E-state index contributed by atoms with van der Waals surface area (Å²) in [6.07, 6.45) is 1.13. The predicted molar refractivity (Wildman–Crippen MR) is 103 cm³/mol. The first kappa shape index (κ1) is 17.7. The molecule has 1 amide bonds. The van der Waals surface area contributed by atoms with Crippen molar-refractivity contribution in [2.45, 2.75) is 31.8 Å². The van der Waals surface area contributed by atoms with E-state index in [0.29, 0.717) is 30.6 Å². The van der Waals surface area contributed by atoms with Gasteiger partial charge in [0.05, 0.1) is 0 Å². The van der Waals surface area contributed by atoms with Crippen molar-refractivity contribution in [2.75, 3.05) is 13.1 Å². The maximum absolute atomic E-state index is 12.7. The molecule has 140 valence electrons. The summed E-state index contributed by atoms with van der Waals surface area (Å²) < 4.78 is 11.6. The van der Waals surface area contributed by atoms with Crippen LogP contribution in [0.5, 0.6) is 5.75 Å². The molecule has 27 heavy (non-hydrogen) atoms. The fraction of sp³-hybridized carbons (Fsp3) is 0.350. The summed E-state index contributed by atoms with van der Waals surface area (Å²) in [5, 5.41) is 12.3. The van der Waals surface area contributed by atoms with E-state index >= 15 is 0 Å². The highest BCUT2D eigenvalue weighted by molar-refractivity contribution is 7.08. The van der Waals surface area contributed by atoms with E-state index in [9.17, 15) is 4.79 Å². The second kappa shape index (κ2) is 7.92. The number of amides is 1. The molecule has 1 aliphatic rings. The average molecular weight is 383 g/mol. The van der Waals surface area contributed by atoms with Crippen molar-refractivity contribution >= 4 is 17.2 Å². The van der Waals surface area contributed by atoms with Crippen LogP contribution in [-0.4, -0.2) is 40.2 Å². The number of rotatable bonds is 5. The van der Waals surface area contributed by atoms with Crippen LogP contribution in [0.2, 0.25) is 0 Å². The lowest BCUT2D eigenvalue weighted by molar-refractivity contribution is -0.139. The number of carbonyl (C=O) groups is 1. The summed E-state index contributed by atoms with van der Waals surface area (Å²) in [6, 6.07) is 11.4. The lowest BCUT2D eigenvalue weighted by Crippen LogP contribution is -2.44. The van der Waals surface area contributed by atoms with Crippen molar-refractivity contribution in [3.8, 4) is 17.2 Å². The summed E-state index contributed by atoms with van der Waals surface area (Å²) in [5.41, 5.74) is 0.957. The van der Waals surface area contributed by atoms with Gasteiger partial charge in [-0.15, -0.1) is 10.2 Å². The van der Waals surface area contributed by atoms with Crippen molar-refractivity contribution in [1.29, 1.82) is 0 Å². The Hall–Kier alpha value is -2.67. The number of para-hydroxylation sites is 1. The molecule has 0 radical (unpaired) electrons. The van der Waals surface area contributed by atoms with Crippen molar-refractivity contribution in [1.82, 2.24) is 15.1 Å². The highest BCUT2D eigenvalue weighted by Crippen LogP contribution is 2.30. The summed E-state index contributed by atoms with van der Waals surface area (Å²) >= 11 is 1.60. The van der Waals surface area contributed by atoms with Gasteiger partial charge in [-0.05, 0) is 43.3 Å². The molecule has 3 heterocycles. The maximum atomic E-state index is 12.7. The molecule has 1 saturated heterocycles. The van der Waals surface area contributed by atoms with E-state index in [4.69, 9.17) is 9.15 Å². The van der Waals surface area contributed by atoms with Gasteiger partial charge in [0.2, 0.25) is 11.8 Å². The Morgan fingerprint density at radius 1 is 1.22 bits per heavy atom. The fourth-order valence-corrected chi connectivity index (χ4v) is 3.89. The molecule has 3 aromatic rings. The molecular weight excluding hydrogens is 362 g/mol. The topological polar surface area (TPSA) is 68.5 Å². The van der Waals surface area contributed by atoms with E-state index in [0.717, 1.165) is 18.4 Å². The molecule has 4 rings (SSSR count). The normalized spacial score (nSPS) is 16.3. The number of likely N-dealkylation sites (tertiary alicyclic amines) is 1. The Kier molecular flexibility index (Phi) is 5.20. The minimum Gasteiger partial charge on any atom is -0.481 e. The van der Waals surface area contributed by atoms with Gasteiger partial charge in [-0.1, -0.05) is 18.2 Å². The van der Waals surface area contributed by atoms with Crippen molar-refractivity contribution in [3.63, 3.8) is 0 Å². The van der Waals surface area contributed by atoms with E-state index in [2.05, 4.69) is 10.2 Å². The maximum Gasteiger partial charge on any atom is 0.263 e. The van der Waals surface area contributed by atoms with Gasteiger partial charge in [0.15, 0.2) is 6.10 Å². The largest absolute Gasteiger partial charge is 0.481 e. The van der Waals surface area contributed by atoms with Crippen LogP contribution < -0.4 is 4.74 Å². The minimum absolute atomic E-state index is 0.0156. The van der Waals surface area contributed by atoms with Gasteiger partial charge in [-0.25, -0.2) is 0 Å². The quantitative estimate of drug-likeness (QED) is 0.667. The van der Waals surface area contributed by atoms with Crippen LogP contribution in [0.1, 0.15) is 31.6 Å². The van der Waals surface area contributed by atoms with Gasteiger partial charge in [-0.3, -0.25) is 4.79 Å². The molecule has 0 aliphatic carbocycles. The van der Waals surface area contributed by atoms with Crippen LogP contribution in [0.15, 0.2) is 51.6 Å². The van der Waals surface area contributed by atoms with Gasteiger partial charge >= 0.3 is 0 Å². The Balaban J connectivity index is 1.32. The molecule has 1 atom stereocenters. The number of ether oxygens (including phenoxy) is 1. The summed E-state index contributed by atoms with van der Waals surface area (Å²) in [5.74, 6) is 2.15. The Bertz CT molecular complexity index is 871. The van der Waals surface area contributed by atoms with Gasteiger partial charge in [0.1, 0.15) is 5.75 Å². The number of carbonyl (C=O) groups excluding carboxylic acids is 1. The number of piperidine rings is 1. The van der Waals surface area contributed by atoms with Crippen molar-refractivity contribution < 1.29 is 13.9 Å². The second-order valence-corrected chi connectivity index (χ2v) is 7.41. The first-order valence-electron chi connectivity index (χ1n) is 9.07. The Morgan fingerprint density at radius 2 is 2.00 bits per heavy atom. The number of nitrogens with zero attached hydrogens (tertiary/aromatic N) is 3. The molecule has 0 unspecified atom stereocenters. The molecule has 6 nitrogen and oxygen atoms in total. The molecule has 1 aliphatic heterocycles. The molecule has 7 heteroatoms. The van der Waals surface area contributed by atoms with Crippen LogP contribution in [-0.2, 0) is 4.79 Å². The Morgan fingerprint density at radius 3 is 2.70 bits per heavy atom. The average Bonchev–Trinajstić information content (AvgIpc) is 3.40. The zero-order valence-electron chi connectivity index (χ0n) is 15.1. The lowest BCUT2D eigenvalue weighted by Gasteiger charge is -2.32. The summed E-state index contributed by atoms with van der Waals surface area (Å²) in [4.78, 5) is 14.5. The van der Waals surface area contributed by atoms with Crippen LogP contribution in [0.3, 0.4) is 0 Å². The third-order valence-corrected chi connectivity index (χ3v) is 5.45. The number of hydrogen-bond acceptors (Lipinski definition) is 6. The number of thiophene rings is 1. The highest BCUT2D eigenvalue weighted by Gasteiger charge is 2.30. The molecule has 2 aromatic heterocycles. The summed E-state index contributed by atoms with van der Waals surface area (Å²) in [6.45, 7) is 3.14. The molecule has 1 fully saturated rings. The lowest BCUT2D eigenvalue weighted by atomic mass is 9.96. The number of hydrogen-bond donors (Lipinski definition) is 0. The SMILES string of the molecule is C[C@H](Oc1ccccc1)C(=O)N1CCC(c2nnc(-c3ccsc3)o2)CC1. The third-order valence-electron chi connectivity index (χ3n) is 4.77. The zero-order chi connectivity index (χ0) is 18.6. The predicted octanol–water partition coefficient (Wildman–Crippen LogP) is 3.97. The fourth-order valence-electron chi connectivity index (χ4n) is 3.26. The standard InChI is InChI=1S/C20H21N3O3S/c1-14(25-17-5-3-2-4-6-17)20(24)23-10-7-15(8-11-23)18-21-22-19(26-18)16-9-12-27-13-16/h2-6,9,12-15H,7-8,10-11H2,1H3/t14-/m0/s1. The zero-order valence-corrected chi connectivity index (χ0v) is 15.9. The highest BCUT2D eigenvalue weighted by atomic mass is 32.1. The van der Waals surface area contributed by atoms with Gasteiger partial charge in [0.25, 0.3) is 5.91 Å². The van der Waals surface area contributed by atoms with E-state index in [1.807, 2.05) is 52.1 Å². The van der Waals surface area contributed by atoms with Crippen molar-refractivity contribution in [2.24, 2.45) is 0 Å². The van der Waals surface area contributed by atoms with Gasteiger partial charge < -0.3 is 14.1 Å². The minimum atomic E-state index is -0.502. The smallest absolute Gasteiger partial charge is 0.263 e. The van der Waals surface area contributed by atoms with E-state index < -0.39 is 6.10 Å². The van der Waals surface area contributed by atoms with Crippen LogP contribution in [0, 0.1) is 0 Å². The van der Waals surface area contributed by atoms with E-state index in [-0.39, 0.29) is 11.8 Å². The van der Waals surface area contributed by atoms with Crippen molar-refractivity contribution in [3.05, 3.63) is 53.0 Å². The summed E-state index contributed by atoms with van der Waals surface area (Å²) in [7, 11) is 0. The second-order valence-electron chi connectivity index (χ2n) is 6.63. The Labute approximate surface area is 161 Å². The first-order chi connectivity index (χ1) is 13.2. The molecule has 0 spiro atoms. The monoisotopic (exact) mass is 383 g/mol. The molecule has 1 aromatic carbocycles. The third kappa shape index (κ3) is 4.03. The van der Waals surface area contributed by atoms with Crippen LogP contribution in [0.25, 0.3) is 11.5 Å². The van der Waals surface area contributed by atoms with Crippen LogP contribution in [0.4, 0.5) is 0 Å². The number of benzene rings is 1. The van der Waals surface area contributed by atoms with Gasteiger partial charge in [0, 0.05) is 30.0 Å². The molecule has 0 N–H and O–H groups in total. The molecular formula is C20H21N3O3S. The van der Waals surface area contributed by atoms with E-state index in [1.165, 1.54) is 0 Å². The van der Waals surface area contributed by atoms with E-state index in [1.54, 1.807) is 18.3 Å². The van der Waals surface area contributed by atoms with Gasteiger partial charge in [-0.2, -0.15) is 11.3 Å². The first-order valence-corrected chi connectivity index (χ1v) is 10.0. The molecule has 0 saturated carbocycles. The molecule has 0 bridgehead atoms.